The van der Waals surface area contributed by atoms with E-state index >= 15 is 0 Å². The van der Waals surface area contributed by atoms with Crippen molar-refractivity contribution < 1.29 is 9.13 Å². The predicted octanol–water partition coefficient (Wildman–Crippen LogP) is 3.12. The molecule has 0 bridgehead atoms. The fourth-order valence-corrected chi connectivity index (χ4v) is 2.31. The Kier molecular flexibility index (Phi) is 14.1. The van der Waals surface area contributed by atoms with Gasteiger partial charge in [-0.25, -0.2) is 9.38 Å². The number of nitrogens with zero attached hydrogens (tertiary/aromatic N) is 2. The van der Waals surface area contributed by atoms with Crippen LogP contribution in [-0.4, -0.2) is 57.8 Å². The monoisotopic (exact) mass is 486 g/mol. The van der Waals surface area contributed by atoms with Gasteiger partial charge in [0.15, 0.2) is 5.96 Å². The van der Waals surface area contributed by atoms with Crippen LogP contribution in [0.15, 0.2) is 23.2 Å². The first-order valence-corrected chi connectivity index (χ1v) is 8.58. The van der Waals surface area contributed by atoms with Gasteiger partial charge < -0.3 is 20.3 Å². The molecule has 25 heavy (non-hydrogen) atoms. The van der Waals surface area contributed by atoms with Gasteiger partial charge in [0, 0.05) is 39.9 Å². The summed E-state index contributed by atoms with van der Waals surface area (Å²) in [5, 5.41) is 6.62. The highest BCUT2D eigenvalue weighted by Crippen LogP contribution is 2.16. The number of hydrogen-bond donors (Lipinski definition) is 2. The zero-order valence-corrected chi connectivity index (χ0v) is 18.2. The van der Waals surface area contributed by atoms with Crippen molar-refractivity contribution in [3.8, 4) is 0 Å². The fraction of sp³-hybridized carbons (Fsp3) is 0.588. The predicted molar refractivity (Wildman–Crippen MR) is 114 cm³/mol. The van der Waals surface area contributed by atoms with E-state index in [0.29, 0.717) is 6.54 Å². The van der Waals surface area contributed by atoms with Crippen molar-refractivity contribution in [1.29, 1.82) is 0 Å². The summed E-state index contributed by atoms with van der Waals surface area (Å²) in [6, 6.07) is 4.66. The van der Waals surface area contributed by atoms with Crippen LogP contribution in [0.1, 0.15) is 18.9 Å². The lowest BCUT2D eigenvalue weighted by Crippen LogP contribution is -2.41. The smallest absolute Gasteiger partial charge is 0.191 e. The molecule has 0 fully saturated rings. The molecule has 0 aliphatic carbocycles. The first-order valence-electron chi connectivity index (χ1n) is 8.20. The molecule has 0 saturated heterocycles. The van der Waals surface area contributed by atoms with Gasteiger partial charge >= 0.3 is 0 Å². The summed E-state index contributed by atoms with van der Waals surface area (Å²) in [6.07, 6.45) is 1.02. The van der Waals surface area contributed by atoms with Crippen LogP contribution < -0.4 is 10.6 Å². The van der Waals surface area contributed by atoms with Gasteiger partial charge in [-0.15, -0.1) is 24.0 Å². The Morgan fingerprint density at radius 3 is 2.72 bits per heavy atom. The third-order valence-corrected chi connectivity index (χ3v) is 3.71. The second kappa shape index (κ2) is 14.5. The lowest BCUT2D eigenvalue weighted by molar-refractivity contribution is 0.180. The van der Waals surface area contributed by atoms with E-state index in [1.807, 2.05) is 6.92 Å². The molecule has 1 aromatic rings. The second-order valence-corrected chi connectivity index (χ2v) is 5.93. The molecule has 0 aliphatic heterocycles. The second-order valence-electron chi connectivity index (χ2n) is 5.52. The average molecular weight is 487 g/mol. The van der Waals surface area contributed by atoms with Crippen LogP contribution in [0.5, 0.6) is 0 Å². The van der Waals surface area contributed by atoms with Crippen molar-refractivity contribution >= 4 is 41.5 Å². The maximum absolute atomic E-state index is 13.2. The van der Waals surface area contributed by atoms with Gasteiger partial charge in [0.2, 0.25) is 0 Å². The van der Waals surface area contributed by atoms with Gasteiger partial charge in [-0.05, 0) is 38.1 Å². The molecule has 0 unspecified atom stereocenters. The zero-order valence-electron chi connectivity index (χ0n) is 15.1. The maximum atomic E-state index is 13.2. The van der Waals surface area contributed by atoms with Crippen LogP contribution in [-0.2, 0) is 11.3 Å². The number of nitrogens with one attached hydrogen (secondary N) is 2. The van der Waals surface area contributed by atoms with Crippen molar-refractivity contribution in [3.63, 3.8) is 0 Å². The zero-order chi connectivity index (χ0) is 17.8. The number of rotatable bonds is 10. The van der Waals surface area contributed by atoms with E-state index < -0.39 is 5.82 Å². The van der Waals surface area contributed by atoms with Gasteiger partial charge in [-0.1, -0.05) is 17.7 Å². The van der Waals surface area contributed by atoms with Crippen LogP contribution in [0.3, 0.4) is 0 Å². The maximum Gasteiger partial charge on any atom is 0.191 e. The van der Waals surface area contributed by atoms with E-state index in [4.69, 9.17) is 16.3 Å². The molecule has 1 rings (SSSR count). The minimum absolute atomic E-state index is 0. The molecule has 5 nitrogen and oxygen atoms in total. The summed E-state index contributed by atoms with van der Waals surface area (Å²) in [7, 11) is 3.80. The fourth-order valence-electron chi connectivity index (χ4n) is 2.11. The summed E-state index contributed by atoms with van der Waals surface area (Å²) in [5.74, 6) is 0.328. The van der Waals surface area contributed by atoms with E-state index in [1.165, 1.54) is 6.07 Å². The van der Waals surface area contributed by atoms with Gasteiger partial charge in [0.05, 0.1) is 11.6 Å². The molecule has 144 valence electrons. The van der Waals surface area contributed by atoms with E-state index in [1.54, 1.807) is 19.2 Å². The summed E-state index contributed by atoms with van der Waals surface area (Å²) in [5.41, 5.74) is 0.871. The normalized spacial score (nSPS) is 11.4. The molecule has 8 heteroatoms. The van der Waals surface area contributed by atoms with Crippen LogP contribution in [0.25, 0.3) is 0 Å². The Labute approximate surface area is 172 Å². The molecule has 0 aliphatic rings. The molecule has 0 spiro atoms. The van der Waals surface area contributed by atoms with Crippen molar-refractivity contribution in [2.24, 2.45) is 4.99 Å². The Hall–Kier alpha value is -0.640. The molecular formula is C17H29ClFIN4O. The van der Waals surface area contributed by atoms with Gasteiger partial charge in [-0.3, -0.25) is 0 Å². The van der Waals surface area contributed by atoms with Gasteiger partial charge in [0.25, 0.3) is 0 Å². The highest BCUT2D eigenvalue weighted by molar-refractivity contribution is 14.0. The van der Waals surface area contributed by atoms with Crippen molar-refractivity contribution in [1.82, 2.24) is 15.5 Å². The summed E-state index contributed by atoms with van der Waals surface area (Å²) in [4.78, 5) is 6.75. The number of ether oxygens (including phenoxy) is 1. The van der Waals surface area contributed by atoms with E-state index in [9.17, 15) is 4.39 Å². The Morgan fingerprint density at radius 1 is 1.32 bits per heavy atom. The Balaban J connectivity index is 0.00000576. The molecule has 0 heterocycles. The van der Waals surface area contributed by atoms with E-state index in [0.717, 1.165) is 50.7 Å². The first kappa shape index (κ1) is 24.4. The largest absolute Gasteiger partial charge is 0.385 e. The molecule has 0 atom stereocenters. The summed E-state index contributed by atoms with van der Waals surface area (Å²) in [6.45, 7) is 6.72. The van der Waals surface area contributed by atoms with Crippen molar-refractivity contribution in [3.05, 3.63) is 34.6 Å². The highest BCUT2D eigenvalue weighted by atomic mass is 127. The number of likely N-dealkylation sites (N-methyl/N-ethyl adjacent to an activating group) is 1. The average Bonchev–Trinajstić information content (AvgIpc) is 2.56. The Morgan fingerprint density at radius 2 is 2.08 bits per heavy atom. The lowest BCUT2D eigenvalue weighted by Gasteiger charge is -2.18. The van der Waals surface area contributed by atoms with Gasteiger partial charge in [-0.2, -0.15) is 0 Å². The highest BCUT2D eigenvalue weighted by Gasteiger charge is 2.03. The molecule has 0 saturated carbocycles. The van der Waals surface area contributed by atoms with E-state index in [2.05, 4.69) is 27.6 Å². The van der Waals surface area contributed by atoms with Gasteiger partial charge in [0.1, 0.15) is 5.82 Å². The molecule has 0 amide bonds. The number of halogens is 3. The SMILES string of the molecule is CCNC(=NCc1ccc(F)c(Cl)c1)NCCN(C)CCCOC.I. The van der Waals surface area contributed by atoms with Crippen LogP contribution in [0.4, 0.5) is 4.39 Å². The molecule has 0 radical (unpaired) electrons. The van der Waals surface area contributed by atoms with Crippen molar-refractivity contribution in [2.45, 2.75) is 19.9 Å². The van der Waals surface area contributed by atoms with Crippen LogP contribution in [0.2, 0.25) is 5.02 Å². The molecule has 1 aromatic carbocycles. The first-order chi connectivity index (χ1) is 11.6. The third-order valence-electron chi connectivity index (χ3n) is 3.42. The third kappa shape index (κ3) is 10.8. The standard InChI is InChI=1S/C17H28ClFN4O.HI/c1-4-20-17(21-8-10-23(2)9-5-11-24-3)22-13-14-6-7-16(19)15(18)12-14;/h6-7,12H,4-5,8-11,13H2,1-3H3,(H2,20,21,22);1H. The number of benzene rings is 1. The number of methoxy groups -OCH3 is 1. The number of guanidine groups is 1. The summed E-state index contributed by atoms with van der Waals surface area (Å²) >= 11 is 5.79. The minimum atomic E-state index is -0.411. The number of aliphatic imine (C=N–C) groups is 1. The van der Waals surface area contributed by atoms with Crippen LogP contribution in [0, 0.1) is 5.82 Å². The number of hydrogen-bond acceptors (Lipinski definition) is 3. The van der Waals surface area contributed by atoms with Crippen molar-refractivity contribution in [2.75, 3.05) is 46.9 Å². The summed E-state index contributed by atoms with van der Waals surface area (Å²) < 4.78 is 18.2. The van der Waals surface area contributed by atoms with E-state index in [-0.39, 0.29) is 29.0 Å². The lowest BCUT2D eigenvalue weighted by atomic mass is 10.2. The molecule has 0 aromatic heterocycles. The Bertz CT molecular complexity index is 519. The minimum Gasteiger partial charge on any atom is -0.385 e. The van der Waals surface area contributed by atoms with Crippen LogP contribution >= 0.6 is 35.6 Å². The quantitative estimate of drug-likeness (QED) is 0.231. The molecular weight excluding hydrogens is 458 g/mol. The molecule has 2 N–H and O–H groups in total. The topological polar surface area (TPSA) is 48.9 Å².